The molecule has 0 radical (unpaired) electrons. The van der Waals surface area contributed by atoms with Gasteiger partial charge in [-0.1, -0.05) is 31.5 Å². The number of aromatic amines is 1. The first kappa shape index (κ1) is 26.8. The van der Waals surface area contributed by atoms with Crippen LogP contribution in [0.5, 0.6) is 0 Å². The van der Waals surface area contributed by atoms with Crippen LogP contribution in [0.2, 0.25) is 5.02 Å². The monoisotopic (exact) mass is 515 g/mol. The van der Waals surface area contributed by atoms with Gasteiger partial charge in [0.2, 0.25) is 5.91 Å². The average molecular weight is 516 g/mol. The third-order valence-electron chi connectivity index (χ3n) is 7.62. The van der Waals surface area contributed by atoms with Crippen LogP contribution in [0.4, 0.5) is 4.79 Å². The molecule has 0 saturated heterocycles. The third-order valence-corrected chi connectivity index (χ3v) is 7.86. The quantitative estimate of drug-likeness (QED) is 0.467. The zero-order valence-electron chi connectivity index (χ0n) is 22.7. The summed E-state index contributed by atoms with van der Waals surface area (Å²) in [4.78, 5) is 33.6. The van der Waals surface area contributed by atoms with Crippen LogP contribution in [-0.2, 0) is 16.0 Å². The van der Waals surface area contributed by atoms with E-state index in [1.165, 1.54) is 16.6 Å². The summed E-state index contributed by atoms with van der Waals surface area (Å²) in [6, 6.07) is 6.12. The van der Waals surface area contributed by atoms with Gasteiger partial charge in [-0.25, -0.2) is 4.79 Å². The van der Waals surface area contributed by atoms with Crippen molar-refractivity contribution in [3.63, 3.8) is 0 Å². The molecule has 1 atom stereocenters. The van der Waals surface area contributed by atoms with Crippen LogP contribution in [0.3, 0.4) is 0 Å². The van der Waals surface area contributed by atoms with Gasteiger partial charge in [0.25, 0.3) is 0 Å². The Bertz CT molecular complexity index is 1100. The van der Waals surface area contributed by atoms with Crippen molar-refractivity contribution in [3.8, 4) is 0 Å². The summed E-state index contributed by atoms with van der Waals surface area (Å²) in [7, 11) is 1.81. The van der Waals surface area contributed by atoms with Gasteiger partial charge in [-0.15, -0.1) is 0 Å². The molecule has 0 spiro atoms. The molecule has 2 heterocycles. The lowest BCUT2D eigenvalue weighted by Gasteiger charge is -2.40. The van der Waals surface area contributed by atoms with Gasteiger partial charge in [-0.05, 0) is 88.8 Å². The molecular weight excluding hydrogens is 474 g/mol. The standard InChI is InChI=1S/C29H42ClN3O3/c1-18(2)15-25-26-23(22-12-11-21(30)16-24(22)31-26)13-14-33(25)27(34)20-9-7-19(8-10-20)17-32(6)28(35)36-29(3,4)5/h11-12,16,18-20,25,31H,7-10,13-15,17H2,1-6H3/t19-,20-,25?. The maximum Gasteiger partial charge on any atom is 0.410 e. The van der Waals surface area contributed by atoms with E-state index in [0.717, 1.165) is 55.6 Å². The Hall–Kier alpha value is -2.21. The number of nitrogens with zero attached hydrogens (tertiary/aromatic N) is 2. The molecule has 1 N–H and O–H groups in total. The number of carbonyl (C=O) groups excluding carboxylic acids is 2. The van der Waals surface area contributed by atoms with Crippen molar-refractivity contribution in [1.82, 2.24) is 14.8 Å². The number of fused-ring (bicyclic) bond motifs is 3. The molecule has 1 fully saturated rings. The molecular formula is C29H42ClN3O3. The van der Waals surface area contributed by atoms with Crippen LogP contribution in [0.25, 0.3) is 10.9 Å². The summed E-state index contributed by atoms with van der Waals surface area (Å²) < 4.78 is 5.50. The molecule has 36 heavy (non-hydrogen) atoms. The van der Waals surface area contributed by atoms with Crippen molar-refractivity contribution in [2.45, 2.75) is 84.8 Å². The summed E-state index contributed by atoms with van der Waals surface area (Å²) in [5.74, 6) is 1.24. The molecule has 1 aromatic carbocycles. The molecule has 2 aliphatic rings. The van der Waals surface area contributed by atoms with E-state index in [4.69, 9.17) is 16.3 Å². The molecule has 1 aliphatic carbocycles. The van der Waals surface area contributed by atoms with E-state index in [9.17, 15) is 9.59 Å². The Kier molecular flexibility index (Phi) is 7.94. The lowest BCUT2D eigenvalue weighted by molar-refractivity contribution is -0.140. The minimum Gasteiger partial charge on any atom is -0.444 e. The van der Waals surface area contributed by atoms with Gasteiger partial charge in [-0.2, -0.15) is 0 Å². The number of hydrogen-bond acceptors (Lipinski definition) is 3. The summed E-state index contributed by atoms with van der Waals surface area (Å²) in [6.45, 7) is 11.5. The number of benzene rings is 1. The molecule has 1 aromatic heterocycles. The number of aromatic nitrogens is 1. The van der Waals surface area contributed by atoms with Crippen LogP contribution in [-0.4, -0.2) is 52.5 Å². The van der Waals surface area contributed by atoms with Gasteiger partial charge in [0.15, 0.2) is 0 Å². The molecule has 1 saturated carbocycles. The fourth-order valence-electron chi connectivity index (χ4n) is 5.93. The van der Waals surface area contributed by atoms with Gasteiger partial charge in [-0.3, -0.25) is 4.79 Å². The summed E-state index contributed by atoms with van der Waals surface area (Å²) in [5.41, 5.74) is 3.09. The van der Waals surface area contributed by atoms with Crippen LogP contribution in [0.15, 0.2) is 18.2 Å². The van der Waals surface area contributed by atoms with Crippen molar-refractivity contribution < 1.29 is 14.3 Å². The second-order valence-corrected chi connectivity index (χ2v) is 12.6. The first-order valence-electron chi connectivity index (χ1n) is 13.5. The SMILES string of the molecule is CC(C)CC1c2[nH]c3cc(Cl)ccc3c2CCN1C(=O)[C@H]1CC[C@H](CN(C)C(=O)OC(C)(C)C)CC1. The highest BCUT2D eigenvalue weighted by molar-refractivity contribution is 6.31. The van der Waals surface area contributed by atoms with Gasteiger partial charge in [0.05, 0.1) is 6.04 Å². The van der Waals surface area contributed by atoms with E-state index < -0.39 is 5.60 Å². The van der Waals surface area contributed by atoms with Crippen molar-refractivity contribution in [3.05, 3.63) is 34.5 Å². The average Bonchev–Trinajstić information content (AvgIpc) is 3.16. The maximum atomic E-state index is 13.8. The van der Waals surface area contributed by atoms with Gasteiger partial charge < -0.3 is 19.5 Å². The number of amides is 2. The summed E-state index contributed by atoms with van der Waals surface area (Å²) >= 11 is 6.26. The molecule has 6 nitrogen and oxygen atoms in total. The van der Waals surface area contributed by atoms with E-state index in [2.05, 4.69) is 29.8 Å². The number of ether oxygens (including phenoxy) is 1. The van der Waals surface area contributed by atoms with Gasteiger partial charge in [0.1, 0.15) is 5.60 Å². The van der Waals surface area contributed by atoms with E-state index in [1.54, 1.807) is 11.9 Å². The summed E-state index contributed by atoms with van der Waals surface area (Å²) in [6.07, 6.45) is 5.21. The van der Waals surface area contributed by atoms with Crippen molar-refractivity contribution in [1.29, 1.82) is 0 Å². The van der Waals surface area contributed by atoms with Crippen molar-refractivity contribution >= 4 is 34.5 Å². The topological polar surface area (TPSA) is 65.6 Å². The van der Waals surface area contributed by atoms with Crippen molar-refractivity contribution in [2.75, 3.05) is 20.1 Å². The fourth-order valence-corrected chi connectivity index (χ4v) is 6.10. The Morgan fingerprint density at radius 1 is 1.19 bits per heavy atom. The molecule has 198 valence electrons. The van der Waals surface area contributed by atoms with E-state index in [-0.39, 0.29) is 18.1 Å². The smallest absolute Gasteiger partial charge is 0.410 e. The van der Waals surface area contributed by atoms with E-state index >= 15 is 0 Å². The molecule has 4 rings (SSSR count). The van der Waals surface area contributed by atoms with E-state index in [1.807, 2.05) is 32.9 Å². The molecule has 0 bridgehead atoms. The minimum absolute atomic E-state index is 0.0584. The zero-order valence-corrected chi connectivity index (χ0v) is 23.5. The summed E-state index contributed by atoms with van der Waals surface area (Å²) in [5, 5.41) is 1.95. The van der Waals surface area contributed by atoms with Crippen LogP contribution in [0, 0.1) is 17.8 Å². The molecule has 2 amide bonds. The minimum atomic E-state index is -0.493. The first-order valence-corrected chi connectivity index (χ1v) is 13.8. The predicted molar refractivity (Wildman–Crippen MR) is 145 cm³/mol. The highest BCUT2D eigenvalue weighted by atomic mass is 35.5. The first-order chi connectivity index (χ1) is 16.9. The zero-order chi connectivity index (χ0) is 26.2. The lowest BCUT2D eigenvalue weighted by Crippen LogP contribution is -2.45. The Labute approximate surface area is 220 Å². The highest BCUT2D eigenvalue weighted by Gasteiger charge is 2.38. The second-order valence-electron chi connectivity index (χ2n) is 12.2. The van der Waals surface area contributed by atoms with Crippen molar-refractivity contribution in [2.24, 2.45) is 17.8 Å². The van der Waals surface area contributed by atoms with Crippen LogP contribution in [0.1, 0.15) is 84.0 Å². The predicted octanol–water partition coefficient (Wildman–Crippen LogP) is 6.97. The number of halogens is 1. The number of hydrogen-bond donors (Lipinski definition) is 1. The third kappa shape index (κ3) is 6.01. The number of rotatable bonds is 5. The van der Waals surface area contributed by atoms with Crippen LogP contribution < -0.4 is 0 Å². The normalized spacial score (nSPS) is 22.6. The van der Waals surface area contributed by atoms with Gasteiger partial charge >= 0.3 is 6.09 Å². The second kappa shape index (κ2) is 10.6. The molecule has 1 unspecified atom stereocenters. The molecule has 2 aromatic rings. The maximum absolute atomic E-state index is 13.8. The molecule has 1 aliphatic heterocycles. The van der Waals surface area contributed by atoms with E-state index in [0.29, 0.717) is 24.3 Å². The lowest BCUT2D eigenvalue weighted by atomic mass is 9.80. The molecule has 7 heteroatoms. The van der Waals surface area contributed by atoms with Crippen LogP contribution >= 0.6 is 11.6 Å². The number of nitrogens with one attached hydrogen (secondary N) is 1. The Balaban J connectivity index is 1.42. The Morgan fingerprint density at radius 2 is 1.89 bits per heavy atom. The fraction of sp³-hybridized carbons (Fsp3) is 0.655. The number of H-pyrrole nitrogens is 1. The largest absolute Gasteiger partial charge is 0.444 e. The number of carbonyl (C=O) groups is 2. The highest BCUT2D eigenvalue weighted by Crippen LogP contribution is 2.40. The Morgan fingerprint density at radius 3 is 2.53 bits per heavy atom. The van der Waals surface area contributed by atoms with Gasteiger partial charge in [0, 0.05) is 47.7 Å².